The first-order valence-corrected chi connectivity index (χ1v) is 17.5. The topological polar surface area (TPSA) is 71.1 Å². The second kappa shape index (κ2) is 24.8. The van der Waals surface area contributed by atoms with Gasteiger partial charge in [-0.05, 0) is 32.1 Å². The van der Waals surface area contributed by atoms with Crippen molar-refractivity contribution >= 4 is 10.1 Å². The lowest BCUT2D eigenvalue weighted by molar-refractivity contribution is -0.131. The van der Waals surface area contributed by atoms with Gasteiger partial charge in [-0.25, -0.2) is 0 Å². The van der Waals surface area contributed by atoms with Gasteiger partial charge in [0, 0.05) is 19.8 Å². The fraction of sp³-hybridized carbons (Fsp3) is 1.00. The number of unbranched alkanes of at least 4 members (excludes halogenated alkanes) is 17. The van der Waals surface area contributed by atoms with E-state index in [-0.39, 0.29) is 18.8 Å². The fourth-order valence-corrected chi connectivity index (χ4v) is 5.36. The van der Waals surface area contributed by atoms with Gasteiger partial charge in [0.15, 0.2) is 0 Å². The Bertz CT molecular complexity index is 583. The lowest BCUT2D eigenvalue weighted by Crippen LogP contribution is -2.39. The van der Waals surface area contributed by atoms with Crippen LogP contribution in [0, 0.1) is 0 Å². The van der Waals surface area contributed by atoms with E-state index in [1.54, 1.807) is 0 Å². The first-order chi connectivity index (χ1) is 18.0. The molecule has 0 amide bonds. The van der Waals surface area contributed by atoms with E-state index in [0.717, 1.165) is 77.4 Å². The lowest BCUT2D eigenvalue weighted by atomic mass is 10.0. The molecule has 0 unspecified atom stereocenters. The van der Waals surface area contributed by atoms with Crippen LogP contribution in [0.15, 0.2) is 0 Å². The lowest BCUT2D eigenvalue weighted by Gasteiger charge is -2.31. The fourth-order valence-electron chi connectivity index (χ4n) is 4.94. The molecule has 0 aromatic carbocycles. The van der Waals surface area contributed by atoms with Crippen molar-refractivity contribution in [3.05, 3.63) is 0 Å². The predicted molar refractivity (Wildman–Crippen MR) is 154 cm³/mol. The van der Waals surface area contributed by atoms with E-state index in [0.29, 0.717) is 6.61 Å². The van der Waals surface area contributed by atoms with Crippen LogP contribution in [0.2, 0.25) is 0 Å². The van der Waals surface area contributed by atoms with Gasteiger partial charge < -0.3 is 14.2 Å². The zero-order chi connectivity index (χ0) is 26.9. The van der Waals surface area contributed by atoms with Crippen LogP contribution in [0.1, 0.15) is 142 Å². The summed E-state index contributed by atoms with van der Waals surface area (Å²) >= 11 is 0. The standard InChI is InChI=1S/C30H60O6S/c1-3-4-5-6-7-8-9-10-11-12-13-14-17-20-25-34-29-23-22-26-35-30(29)28-33-24-19-16-15-18-21-27-36-37(2,31)32/h29-30H,3-28H2,1-2H3/t29-,30-/m0/s1. The van der Waals surface area contributed by atoms with Gasteiger partial charge in [-0.2, -0.15) is 8.42 Å². The molecule has 1 heterocycles. The minimum absolute atomic E-state index is 0.0635. The molecule has 0 spiro atoms. The number of ether oxygens (including phenoxy) is 3. The Morgan fingerprint density at radius 2 is 1.16 bits per heavy atom. The summed E-state index contributed by atoms with van der Waals surface area (Å²) in [7, 11) is -3.31. The number of hydrogen-bond acceptors (Lipinski definition) is 6. The van der Waals surface area contributed by atoms with E-state index < -0.39 is 10.1 Å². The zero-order valence-electron chi connectivity index (χ0n) is 24.4. The van der Waals surface area contributed by atoms with Gasteiger partial charge in [-0.1, -0.05) is 110 Å². The summed E-state index contributed by atoms with van der Waals surface area (Å²) in [6.07, 6.45) is 27.7. The Labute approximate surface area is 230 Å². The third kappa shape index (κ3) is 23.4. The van der Waals surface area contributed by atoms with Crippen LogP contribution in [0.5, 0.6) is 0 Å². The second-order valence-corrected chi connectivity index (χ2v) is 12.6. The molecule has 222 valence electrons. The van der Waals surface area contributed by atoms with Gasteiger partial charge in [0.05, 0.1) is 25.6 Å². The van der Waals surface area contributed by atoms with E-state index in [1.807, 2.05) is 0 Å². The molecule has 1 aliphatic heterocycles. The maximum absolute atomic E-state index is 10.9. The van der Waals surface area contributed by atoms with Crippen LogP contribution >= 0.6 is 0 Å². The molecule has 1 rings (SSSR count). The molecule has 0 aromatic heterocycles. The van der Waals surface area contributed by atoms with Crippen molar-refractivity contribution in [3.63, 3.8) is 0 Å². The van der Waals surface area contributed by atoms with Crippen LogP contribution in [0.4, 0.5) is 0 Å². The van der Waals surface area contributed by atoms with Crippen molar-refractivity contribution in [2.24, 2.45) is 0 Å². The maximum Gasteiger partial charge on any atom is 0.264 e. The van der Waals surface area contributed by atoms with Crippen LogP contribution in [-0.4, -0.2) is 59.9 Å². The minimum atomic E-state index is -3.31. The molecule has 0 aliphatic carbocycles. The van der Waals surface area contributed by atoms with Crippen molar-refractivity contribution in [1.82, 2.24) is 0 Å². The summed E-state index contributed by atoms with van der Waals surface area (Å²) in [5.74, 6) is 0. The van der Waals surface area contributed by atoms with Gasteiger partial charge in [-0.3, -0.25) is 4.18 Å². The van der Waals surface area contributed by atoms with E-state index in [1.165, 1.54) is 83.5 Å². The SMILES string of the molecule is CCCCCCCCCCCCCCCCO[C@H]1CCCO[C@H]1COCCCCCCCOS(C)(=O)=O. The van der Waals surface area contributed by atoms with Crippen molar-refractivity contribution < 1.29 is 26.8 Å². The first-order valence-electron chi connectivity index (χ1n) is 15.7. The molecule has 1 aliphatic rings. The highest BCUT2D eigenvalue weighted by Crippen LogP contribution is 2.19. The Hall–Kier alpha value is -0.210. The third-order valence-electron chi connectivity index (χ3n) is 7.22. The van der Waals surface area contributed by atoms with E-state index in [9.17, 15) is 8.42 Å². The van der Waals surface area contributed by atoms with Crippen LogP contribution in [0.3, 0.4) is 0 Å². The van der Waals surface area contributed by atoms with Crippen molar-refractivity contribution in [3.8, 4) is 0 Å². The molecule has 0 bridgehead atoms. The smallest absolute Gasteiger partial charge is 0.264 e. The van der Waals surface area contributed by atoms with Crippen molar-refractivity contribution in [2.75, 3.05) is 39.3 Å². The van der Waals surface area contributed by atoms with Gasteiger partial charge in [0.2, 0.25) is 0 Å². The quantitative estimate of drug-likeness (QED) is 0.0765. The summed E-state index contributed by atoms with van der Waals surface area (Å²) in [6.45, 7) is 5.58. The van der Waals surface area contributed by atoms with E-state index in [2.05, 4.69) is 6.92 Å². The monoisotopic (exact) mass is 548 g/mol. The zero-order valence-corrected chi connectivity index (χ0v) is 25.2. The Kier molecular flexibility index (Phi) is 23.3. The van der Waals surface area contributed by atoms with Crippen molar-refractivity contribution in [1.29, 1.82) is 0 Å². The Balaban J connectivity index is 1.90. The molecule has 6 nitrogen and oxygen atoms in total. The normalized spacial score (nSPS) is 18.4. The molecule has 1 saturated heterocycles. The highest BCUT2D eigenvalue weighted by molar-refractivity contribution is 7.85. The summed E-state index contributed by atoms with van der Waals surface area (Å²) in [6, 6.07) is 0. The maximum atomic E-state index is 10.9. The molecule has 0 radical (unpaired) electrons. The van der Waals surface area contributed by atoms with Crippen LogP contribution in [-0.2, 0) is 28.5 Å². The summed E-state index contributed by atoms with van der Waals surface area (Å²) in [5, 5.41) is 0. The van der Waals surface area contributed by atoms with Crippen molar-refractivity contribution in [2.45, 2.75) is 154 Å². The van der Waals surface area contributed by atoms with Gasteiger partial charge in [0.25, 0.3) is 10.1 Å². The highest BCUT2D eigenvalue weighted by Gasteiger charge is 2.26. The molecule has 7 heteroatoms. The summed E-state index contributed by atoms with van der Waals surface area (Å²) in [4.78, 5) is 0. The number of hydrogen-bond donors (Lipinski definition) is 0. The molecule has 0 aromatic rings. The number of rotatable bonds is 27. The molecular weight excluding hydrogens is 488 g/mol. The minimum Gasteiger partial charge on any atom is -0.379 e. The van der Waals surface area contributed by atoms with Gasteiger partial charge in [-0.15, -0.1) is 0 Å². The Morgan fingerprint density at radius 3 is 1.70 bits per heavy atom. The van der Waals surface area contributed by atoms with Crippen LogP contribution < -0.4 is 0 Å². The summed E-state index contributed by atoms with van der Waals surface area (Å²) < 4.78 is 44.6. The molecule has 1 fully saturated rings. The van der Waals surface area contributed by atoms with Gasteiger partial charge >= 0.3 is 0 Å². The predicted octanol–water partition coefficient (Wildman–Crippen LogP) is 7.98. The molecule has 37 heavy (non-hydrogen) atoms. The molecular formula is C30H60O6S. The average Bonchev–Trinajstić information content (AvgIpc) is 2.87. The molecule has 2 atom stereocenters. The largest absolute Gasteiger partial charge is 0.379 e. The summed E-state index contributed by atoms with van der Waals surface area (Å²) in [5.41, 5.74) is 0. The van der Waals surface area contributed by atoms with Crippen LogP contribution in [0.25, 0.3) is 0 Å². The average molecular weight is 549 g/mol. The Morgan fingerprint density at radius 1 is 0.676 bits per heavy atom. The second-order valence-electron chi connectivity index (χ2n) is 10.9. The first kappa shape index (κ1) is 34.8. The molecule has 0 N–H and O–H groups in total. The van der Waals surface area contributed by atoms with Gasteiger partial charge in [0.1, 0.15) is 6.10 Å². The van der Waals surface area contributed by atoms with E-state index >= 15 is 0 Å². The molecule has 0 saturated carbocycles. The van der Waals surface area contributed by atoms with E-state index in [4.69, 9.17) is 18.4 Å². The highest BCUT2D eigenvalue weighted by atomic mass is 32.2. The third-order valence-corrected chi connectivity index (χ3v) is 7.82.